The molecule has 158 valence electrons. The lowest BCUT2D eigenvalue weighted by Gasteiger charge is -2.24. The Hall–Kier alpha value is -5.66. The fraction of sp³-hybridized carbons (Fsp3) is 0.103. The number of fused-ring (bicyclic) bond motifs is 6. The van der Waals surface area contributed by atoms with Crippen molar-refractivity contribution < 1.29 is 0 Å². The molecule has 3 aromatic carbocycles. The van der Waals surface area contributed by atoms with Crippen molar-refractivity contribution in [2.75, 3.05) is 0 Å². The van der Waals surface area contributed by atoms with Gasteiger partial charge in [0.2, 0.25) is 0 Å². The second-order valence-corrected chi connectivity index (χ2v) is 8.60. The van der Waals surface area contributed by atoms with Crippen LogP contribution in [-0.4, -0.2) is 0 Å². The van der Waals surface area contributed by atoms with E-state index in [9.17, 15) is 31.6 Å². The van der Waals surface area contributed by atoms with Gasteiger partial charge in [-0.1, -0.05) is 12.1 Å². The van der Waals surface area contributed by atoms with Gasteiger partial charge in [-0.15, -0.1) is 0 Å². The second kappa shape index (κ2) is 7.45. The molecule has 0 saturated carbocycles. The van der Waals surface area contributed by atoms with Crippen LogP contribution >= 0.6 is 0 Å². The third-order valence-corrected chi connectivity index (χ3v) is 6.78. The zero-order valence-corrected chi connectivity index (χ0v) is 18.4. The SMILES string of the molecule is CC(C#N)(C#N)C1c2cc(C#N)ccc2-c2cc3c(cc21)C(=C(C#N)C#N)c1cc(C#N)ccc1-3. The smallest absolute Gasteiger partial charge is 0.151 e. The standard InChI is InChI=1S/C29H12N6/c1-29(14-34,15-35)28-25-7-17(11-31)3-5-20(25)22-8-21-19-4-2-16(10-30)6-23(19)27(18(12-32)13-33)24(21)9-26(22)28/h2-9,28H,1H3. The molecule has 1 unspecified atom stereocenters. The monoisotopic (exact) mass is 444 g/mol. The first kappa shape index (κ1) is 21.2. The Morgan fingerprint density at radius 3 is 1.80 bits per heavy atom. The van der Waals surface area contributed by atoms with Gasteiger partial charge in [0.05, 0.1) is 35.4 Å². The Kier molecular flexibility index (Phi) is 4.51. The van der Waals surface area contributed by atoms with Crippen LogP contribution in [0.3, 0.4) is 0 Å². The van der Waals surface area contributed by atoms with E-state index in [1.54, 1.807) is 37.3 Å². The van der Waals surface area contributed by atoms with E-state index in [1.807, 2.05) is 30.3 Å². The molecule has 2 aliphatic rings. The van der Waals surface area contributed by atoms with Crippen molar-refractivity contribution in [3.8, 4) is 58.7 Å². The quantitative estimate of drug-likeness (QED) is 0.358. The second-order valence-electron chi connectivity index (χ2n) is 8.60. The predicted molar refractivity (Wildman–Crippen MR) is 125 cm³/mol. The molecule has 1 atom stereocenters. The zero-order valence-electron chi connectivity index (χ0n) is 18.4. The van der Waals surface area contributed by atoms with Crippen LogP contribution in [0.25, 0.3) is 27.8 Å². The maximum absolute atomic E-state index is 9.97. The number of hydrogen-bond acceptors (Lipinski definition) is 6. The molecule has 6 nitrogen and oxygen atoms in total. The Bertz CT molecular complexity index is 1750. The first-order valence-corrected chi connectivity index (χ1v) is 10.6. The normalized spacial score (nSPS) is 13.9. The van der Waals surface area contributed by atoms with Gasteiger partial charge in [0.25, 0.3) is 0 Å². The number of hydrogen-bond donors (Lipinski definition) is 0. The van der Waals surface area contributed by atoms with Crippen LogP contribution in [0.1, 0.15) is 46.2 Å². The Labute approximate surface area is 201 Å². The van der Waals surface area contributed by atoms with Crippen LogP contribution in [0.5, 0.6) is 0 Å². The summed E-state index contributed by atoms with van der Waals surface area (Å²) >= 11 is 0. The van der Waals surface area contributed by atoms with E-state index in [4.69, 9.17) is 0 Å². The Morgan fingerprint density at radius 1 is 0.629 bits per heavy atom. The van der Waals surface area contributed by atoms with Gasteiger partial charge < -0.3 is 0 Å². The average molecular weight is 444 g/mol. The molecule has 0 saturated heterocycles. The summed E-state index contributed by atoms with van der Waals surface area (Å²) in [5.74, 6) is -0.631. The van der Waals surface area contributed by atoms with Gasteiger partial charge in [-0.3, -0.25) is 0 Å². The maximum Gasteiger partial charge on any atom is 0.151 e. The van der Waals surface area contributed by atoms with E-state index in [1.165, 1.54) is 0 Å². The van der Waals surface area contributed by atoms with Crippen molar-refractivity contribution in [1.82, 2.24) is 0 Å². The van der Waals surface area contributed by atoms with E-state index in [2.05, 4.69) is 24.3 Å². The van der Waals surface area contributed by atoms with Crippen LogP contribution in [0, 0.1) is 73.4 Å². The van der Waals surface area contributed by atoms with Crippen LogP contribution < -0.4 is 0 Å². The first-order chi connectivity index (χ1) is 16.9. The molecule has 0 radical (unpaired) electrons. The van der Waals surface area contributed by atoms with Gasteiger partial charge in [0.1, 0.15) is 17.7 Å². The molecule has 2 aliphatic carbocycles. The van der Waals surface area contributed by atoms with Gasteiger partial charge in [-0.25, -0.2) is 0 Å². The number of benzene rings is 3. The fourth-order valence-corrected chi connectivity index (χ4v) is 5.18. The molecule has 35 heavy (non-hydrogen) atoms. The Morgan fingerprint density at radius 2 is 1.20 bits per heavy atom. The summed E-state index contributed by atoms with van der Waals surface area (Å²) in [5.41, 5.74) is 5.74. The van der Waals surface area contributed by atoms with E-state index in [0.717, 1.165) is 33.4 Å². The van der Waals surface area contributed by atoms with Gasteiger partial charge in [-0.2, -0.15) is 31.6 Å². The lowest BCUT2D eigenvalue weighted by molar-refractivity contribution is 0.513. The highest BCUT2D eigenvalue weighted by Gasteiger charge is 2.44. The molecule has 0 aromatic heterocycles. The van der Waals surface area contributed by atoms with E-state index < -0.39 is 11.3 Å². The first-order valence-electron chi connectivity index (χ1n) is 10.6. The van der Waals surface area contributed by atoms with E-state index in [0.29, 0.717) is 27.8 Å². The highest BCUT2D eigenvalue weighted by molar-refractivity contribution is 6.06. The zero-order chi connectivity index (χ0) is 24.9. The third kappa shape index (κ3) is 2.76. The van der Waals surface area contributed by atoms with E-state index >= 15 is 0 Å². The number of nitrogens with zero attached hydrogens (tertiary/aromatic N) is 6. The summed E-state index contributed by atoms with van der Waals surface area (Å²) in [6.45, 7) is 1.57. The van der Waals surface area contributed by atoms with Crippen LogP contribution in [0.15, 0.2) is 54.1 Å². The minimum Gasteiger partial charge on any atom is -0.197 e. The van der Waals surface area contributed by atoms with Crippen molar-refractivity contribution in [3.05, 3.63) is 87.5 Å². The van der Waals surface area contributed by atoms with Crippen molar-refractivity contribution >= 4 is 5.57 Å². The minimum absolute atomic E-state index is 0.0813. The highest BCUT2D eigenvalue weighted by Crippen LogP contribution is 2.56. The number of rotatable bonds is 1. The summed E-state index contributed by atoms with van der Waals surface area (Å²) in [7, 11) is 0. The maximum atomic E-state index is 9.97. The average Bonchev–Trinajstić information content (AvgIpc) is 3.39. The molecule has 0 N–H and O–H groups in total. The molecule has 6 heteroatoms. The molecule has 0 fully saturated rings. The lowest BCUT2D eigenvalue weighted by Crippen LogP contribution is -2.21. The topological polar surface area (TPSA) is 143 Å². The Balaban J connectivity index is 1.91. The molecule has 0 bridgehead atoms. The van der Waals surface area contributed by atoms with Gasteiger partial charge in [-0.05, 0) is 87.8 Å². The fourth-order valence-electron chi connectivity index (χ4n) is 5.18. The molecule has 0 aliphatic heterocycles. The van der Waals surface area contributed by atoms with Crippen LogP contribution in [0.2, 0.25) is 0 Å². The lowest BCUT2D eigenvalue weighted by atomic mass is 9.73. The van der Waals surface area contributed by atoms with Crippen LogP contribution in [0.4, 0.5) is 0 Å². The van der Waals surface area contributed by atoms with Crippen molar-refractivity contribution in [3.63, 3.8) is 0 Å². The van der Waals surface area contributed by atoms with Crippen molar-refractivity contribution in [2.45, 2.75) is 12.8 Å². The molecular weight excluding hydrogens is 432 g/mol. The van der Waals surface area contributed by atoms with Crippen molar-refractivity contribution in [2.24, 2.45) is 5.41 Å². The molecule has 3 aromatic rings. The molecule has 0 heterocycles. The molecule has 5 rings (SSSR count). The van der Waals surface area contributed by atoms with Crippen LogP contribution in [-0.2, 0) is 0 Å². The summed E-state index contributed by atoms with van der Waals surface area (Å²) in [4.78, 5) is 0. The predicted octanol–water partition coefficient (Wildman–Crippen LogP) is 5.43. The molecule has 0 spiro atoms. The molecule has 0 amide bonds. The van der Waals surface area contributed by atoms with Gasteiger partial charge >= 0.3 is 0 Å². The summed E-state index contributed by atoms with van der Waals surface area (Å²) in [6.07, 6.45) is 0. The number of nitriles is 6. The van der Waals surface area contributed by atoms with Gasteiger partial charge in [0, 0.05) is 11.5 Å². The molecular formula is C29H12N6. The minimum atomic E-state index is -1.42. The third-order valence-electron chi connectivity index (χ3n) is 6.78. The largest absolute Gasteiger partial charge is 0.197 e. The summed E-state index contributed by atoms with van der Waals surface area (Å²) in [6, 6.07) is 26.7. The number of allylic oxidation sites excluding steroid dienone is 1. The van der Waals surface area contributed by atoms with Crippen molar-refractivity contribution in [1.29, 1.82) is 31.6 Å². The highest BCUT2D eigenvalue weighted by atomic mass is 14.5. The van der Waals surface area contributed by atoms with Gasteiger partial charge in [0.15, 0.2) is 5.41 Å². The van der Waals surface area contributed by atoms with E-state index in [-0.39, 0.29) is 5.57 Å². The summed E-state index contributed by atoms with van der Waals surface area (Å²) in [5, 5.41) is 58.2. The summed E-state index contributed by atoms with van der Waals surface area (Å²) < 4.78 is 0.